The molecule has 0 aliphatic carbocycles. The Morgan fingerprint density at radius 2 is 1.68 bits per heavy atom. The summed E-state index contributed by atoms with van der Waals surface area (Å²) in [5.41, 5.74) is 4.14. The van der Waals surface area contributed by atoms with E-state index in [4.69, 9.17) is 11.6 Å². The van der Waals surface area contributed by atoms with Crippen molar-refractivity contribution in [3.05, 3.63) is 86.7 Å². The van der Waals surface area contributed by atoms with Crippen molar-refractivity contribution >= 4 is 28.9 Å². The molecule has 0 radical (unpaired) electrons. The van der Waals surface area contributed by atoms with Crippen LogP contribution in [0, 0.1) is 24.0 Å². The molecule has 1 aromatic heterocycles. The fraction of sp³-hybridized carbons (Fsp3) is 0.261. The van der Waals surface area contributed by atoms with Gasteiger partial charge in [-0.3, -0.25) is 14.9 Å². The number of aryl methyl sites for hydroxylation is 1. The van der Waals surface area contributed by atoms with Crippen molar-refractivity contribution < 1.29 is 9.72 Å². The smallest absolute Gasteiger partial charge is 0.294 e. The van der Waals surface area contributed by atoms with Gasteiger partial charge in [0.25, 0.3) is 11.6 Å². The van der Waals surface area contributed by atoms with Crippen LogP contribution in [0.15, 0.2) is 54.6 Å². The number of rotatable bonds is 4. The second kappa shape index (κ2) is 8.43. The van der Waals surface area contributed by atoms with Gasteiger partial charge in [-0.25, -0.2) is 0 Å². The molecule has 1 amide bonds. The van der Waals surface area contributed by atoms with E-state index in [0.717, 1.165) is 17.1 Å². The first-order chi connectivity index (χ1) is 14.9. The van der Waals surface area contributed by atoms with Crippen molar-refractivity contribution in [2.75, 3.05) is 31.1 Å². The summed E-state index contributed by atoms with van der Waals surface area (Å²) < 4.78 is 2.08. The molecule has 0 spiro atoms. The largest absolute Gasteiger partial charge is 0.362 e. The molecule has 1 aliphatic heterocycles. The summed E-state index contributed by atoms with van der Waals surface area (Å²) >= 11 is 5.93. The third-order valence-corrected chi connectivity index (χ3v) is 5.95. The number of aromatic nitrogens is 1. The van der Waals surface area contributed by atoms with Crippen molar-refractivity contribution in [3.8, 4) is 5.69 Å². The summed E-state index contributed by atoms with van der Waals surface area (Å²) in [6.45, 7) is 5.98. The lowest BCUT2D eigenvalue weighted by Gasteiger charge is -2.35. The number of anilines is 1. The van der Waals surface area contributed by atoms with E-state index < -0.39 is 4.92 Å². The molecule has 2 aromatic carbocycles. The van der Waals surface area contributed by atoms with Crippen LogP contribution >= 0.6 is 11.6 Å². The molecular formula is C23H23ClN4O3. The molecule has 1 aliphatic rings. The Morgan fingerprint density at radius 1 is 1.00 bits per heavy atom. The summed E-state index contributed by atoms with van der Waals surface area (Å²) in [5, 5.41) is 11.7. The minimum absolute atomic E-state index is 0.0134. The van der Waals surface area contributed by atoms with E-state index in [9.17, 15) is 14.9 Å². The maximum absolute atomic E-state index is 13.2. The lowest BCUT2D eigenvalue weighted by Crippen LogP contribution is -2.49. The predicted octanol–water partition coefficient (Wildman–Crippen LogP) is 4.62. The molecule has 160 valence electrons. The van der Waals surface area contributed by atoms with Gasteiger partial charge in [0.15, 0.2) is 0 Å². The molecule has 4 rings (SSSR count). The Kier molecular flexibility index (Phi) is 5.69. The van der Waals surface area contributed by atoms with Crippen molar-refractivity contribution in [2.24, 2.45) is 0 Å². The molecule has 0 unspecified atom stereocenters. The van der Waals surface area contributed by atoms with Crippen LogP contribution in [0.1, 0.15) is 21.7 Å². The van der Waals surface area contributed by atoms with Gasteiger partial charge in [-0.15, -0.1) is 0 Å². The van der Waals surface area contributed by atoms with Crippen LogP contribution in [0.4, 0.5) is 11.4 Å². The minimum atomic E-state index is -0.419. The van der Waals surface area contributed by atoms with E-state index in [-0.39, 0.29) is 11.6 Å². The Balaban J connectivity index is 1.52. The number of benzene rings is 2. The Labute approximate surface area is 185 Å². The van der Waals surface area contributed by atoms with Crippen LogP contribution in [0.3, 0.4) is 0 Å². The van der Waals surface area contributed by atoms with Gasteiger partial charge in [-0.1, -0.05) is 29.8 Å². The first kappa shape index (κ1) is 20.9. The number of nitro groups is 1. The summed E-state index contributed by atoms with van der Waals surface area (Å²) in [4.78, 5) is 28.0. The first-order valence-corrected chi connectivity index (χ1v) is 10.5. The van der Waals surface area contributed by atoms with Gasteiger partial charge in [0.2, 0.25) is 0 Å². The van der Waals surface area contributed by atoms with Gasteiger partial charge in [-0.2, -0.15) is 0 Å². The molecule has 7 nitrogen and oxygen atoms in total. The monoisotopic (exact) mass is 438 g/mol. The van der Waals surface area contributed by atoms with Gasteiger partial charge >= 0.3 is 0 Å². The lowest BCUT2D eigenvalue weighted by atomic mass is 10.1. The molecule has 31 heavy (non-hydrogen) atoms. The zero-order chi connectivity index (χ0) is 22.1. The van der Waals surface area contributed by atoms with Crippen molar-refractivity contribution in [2.45, 2.75) is 13.8 Å². The number of carbonyl (C=O) groups excluding carboxylic acids is 1. The summed E-state index contributed by atoms with van der Waals surface area (Å²) in [6.07, 6.45) is 0. The minimum Gasteiger partial charge on any atom is -0.362 e. The highest BCUT2D eigenvalue weighted by molar-refractivity contribution is 6.30. The van der Waals surface area contributed by atoms with Gasteiger partial charge in [-0.05, 0) is 44.2 Å². The predicted molar refractivity (Wildman–Crippen MR) is 121 cm³/mol. The summed E-state index contributed by atoms with van der Waals surface area (Å²) in [5.74, 6) is -0.0134. The lowest BCUT2D eigenvalue weighted by molar-refractivity contribution is -0.384. The number of nitro benzene ring substituents is 1. The number of hydrogen-bond donors (Lipinski definition) is 0. The number of amides is 1. The second-order valence-electron chi connectivity index (χ2n) is 7.63. The van der Waals surface area contributed by atoms with Crippen LogP contribution in [0.2, 0.25) is 5.02 Å². The fourth-order valence-electron chi connectivity index (χ4n) is 4.18. The molecule has 2 heterocycles. The summed E-state index contributed by atoms with van der Waals surface area (Å²) in [6, 6.07) is 16.6. The third kappa shape index (κ3) is 4.01. The van der Waals surface area contributed by atoms with Gasteiger partial charge in [0.05, 0.1) is 10.5 Å². The highest BCUT2D eigenvalue weighted by Gasteiger charge is 2.28. The third-order valence-electron chi connectivity index (χ3n) is 5.72. The molecule has 1 fully saturated rings. The Morgan fingerprint density at radius 3 is 2.32 bits per heavy atom. The van der Waals surface area contributed by atoms with E-state index in [1.807, 2.05) is 60.0 Å². The first-order valence-electron chi connectivity index (χ1n) is 10.1. The van der Waals surface area contributed by atoms with E-state index in [0.29, 0.717) is 42.5 Å². The second-order valence-corrected chi connectivity index (χ2v) is 8.06. The summed E-state index contributed by atoms with van der Waals surface area (Å²) in [7, 11) is 0. The SMILES string of the molecule is Cc1cc(C(=O)N2CCN(c3ccc(Cl)cc3[N+](=O)[O-])CC2)c(C)n1-c1ccccc1. The van der Waals surface area contributed by atoms with E-state index in [1.54, 1.807) is 12.1 Å². The van der Waals surface area contributed by atoms with Gasteiger partial charge in [0, 0.05) is 54.3 Å². The van der Waals surface area contributed by atoms with Gasteiger partial charge < -0.3 is 14.4 Å². The van der Waals surface area contributed by atoms with Crippen LogP contribution in [-0.2, 0) is 0 Å². The zero-order valence-corrected chi connectivity index (χ0v) is 18.2. The average molecular weight is 439 g/mol. The fourth-order valence-corrected chi connectivity index (χ4v) is 4.35. The molecule has 0 N–H and O–H groups in total. The quantitative estimate of drug-likeness (QED) is 0.440. The van der Waals surface area contributed by atoms with Crippen LogP contribution in [-0.4, -0.2) is 46.5 Å². The number of halogens is 1. The van der Waals surface area contributed by atoms with E-state index >= 15 is 0 Å². The maximum atomic E-state index is 13.2. The molecule has 0 bridgehead atoms. The normalized spacial score (nSPS) is 14.0. The standard InChI is InChI=1S/C23H23ClN4O3/c1-16-14-20(17(2)27(16)19-6-4-3-5-7-19)23(29)26-12-10-25(11-13-26)21-9-8-18(24)15-22(21)28(30)31/h3-9,14-15H,10-13H2,1-2H3. The molecule has 0 atom stereocenters. The maximum Gasteiger partial charge on any atom is 0.294 e. The van der Waals surface area contributed by atoms with Gasteiger partial charge in [0.1, 0.15) is 5.69 Å². The number of nitrogens with zero attached hydrogens (tertiary/aromatic N) is 4. The highest BCUT2D eigenvalue weighted by atomic mass is 35.5. The highest BCUT2D eigenvalue weighted by Crippen LogP contribution is 2.32. The topological polar surface area (TPSA) is 71.6 Å². The Bertz CT molecular complexity index is 1140. The van der Waals surface area contributed by atoms with E-state index in [1.165, 1.54) is 6.07 Å². The van der Waals surface area contributed by atoms with Crippen LogP contribution in [0.25, 0.3) is 5.69 Å². The van der Waals surface area contributed by atoms with Crippen LogP contribution in [0.5, 0.6) is 0 Å². The molecule has 8 heteroatoms. The molecule has 3 aromatic rings. The van der Waals surface area contributed by atoms with Crippen LogP contribution < -0.4 is 4.90 Å². The molecule has 1 saturated heterocycles. The van der Waals surface area contributed by atoms with Crippen molar-refractivity contribution in [3.63, 3.8) is 0 Å². The Hall–Kier alpha value is -3.32. The average Bonchev–Trinajstić information content (AvgIpc) is 3.07. The van der Waals surface area contributed by atoms with Crippen molar-refractivity contribution in [1.82, 2.24) is 9.47 Å². The molecular weight excluding hydrogens is 416 g/mol. The molecule has 0 saturated carbocycles. The number of para-hydroxylation sites is 1. The van der Waals surface area contributed by atoms with Crippen molar-refractivity contribution in [1.29, 1.82) is 0 Å². The number of piperazine rings is 1. The van der Waals surface area contributed by atoms with E-state index in [2.05, 4.69) is 4.57 Å². The number of hydrogen-bond acceptors (Lipinski definition) is 4. The number of carbonyl (C=O) groups is 1. The zero-order valence-electron chi connectivity index (χ0n) is 17.4.